The zero-order chi connectivity index (χ0) is 15.4. The van der Waals surface area contributed by atoms with Crippen molar-refractivity contribution in [1.82, 2.24) is 9.55 Å². The summed E-state index contributed by atoms with van der Waals surface area (Å²) in [6, 6.07) is 6.78. The van der Waals surface area contributed by atoms with E-state index in [0.717, 1.165) is 5.69 Å². The Kier molecular flexibility index (Phi) is 4.70. The minimum Gasteiger partial charge on any atom is -0.330 e. The molecule has 0 spiro atoms. The molecule has 2 aromatic rings. The molecule has 0 saturated heterocycles. The molecule has 2 N–H and O–H groups in total. The normalized spacial score (nSPS) is 12.6. The highest BCUT2D eigenvalue weighted by atomic mass is 16.6. The van der Waals surface area contributed by atoms with Crippen molar-refractivity contribution >= 4 is 5.69 Å². The first-order valence-electron chi connectivity index (χ1n) is 6.97. The molecule has 1 heterocycles. The van der Waals surface area contributed by atoms with E-state index in [4.69, 9.17) is 5.73 Å². The number of nitro groups is 1. The minimum atomic E-state index is -0.352. The van der Waals surface area contributed by atoms with Gasteiger partial charge in [-0.3, -0.25) is 10.1 Å². The van der Waals surface area contributed by atoms with Gasteiger partial charge in [-0.25, -0.2) is 4.98 Å². The minimum absolute atomic E-state index is 0.131. The summed E-state index contributed by atoms with van der Waals surface area (Å²) in [7, 11) is 0. The molecule has 1 unspecified atom stereocenters. The SMILES string of the molecule is CC(C)C(CN)c1cncn1Cc1ccccc1[N+](=O)[O-]. The highest BCUT2D eigenvalue weighted by Gasteiger charge is 2.20. The van der Waals surface area contributed by atoms with Gasteiger partial charge in [0.1, 0.15) is 0 Å². The van der Waals surface area contributed by atoms with Crippen molar-refractivity contribution in [3.8, 4) is 0 Å². The molecular weight excluding hydrogens is 268 g/mol. The molecule has 1 atom stereocenters. The number of aromatic nitrogens is 2. The van der Waals surface area contributed by atoms with Crippen LogP contribution >= 0.6 is 0 Å². The van der Waals surface area contributed by atoms with Gasteiger partial charge < -0.3 is 10.3 Å². The quantitative estimate of drug-likeness (QED) is 0.653. The van der Waals surface area contributed by atoms with Crippen LogP contribution in [-0.4, -0.2) is 21.0 Å². The van der Waals surface area contributed by atoms with Gasteiger partial charge in [-0.05, 0) is 5.92 Å². The third-order valence-corrected chi connectivity index (χ3v) is 3.71. The number of para-hydroxylation sites is 1. The van der Waals surface area contributed by atoms with E-state index in [0.29, 0.717) is 24.6 Å². The van der Waals surface area contributed by atoms with Crippen molar-refractivity contribution in [2.75, 3.05) is 6.54 Å². The summed E-state index contributed by atoms with van der Waals surface area (Å²) in [6.07, 6.45) is 3.50. The summed E-state index contributed by atoms with van der Waals surface area (Å²) < 4.78 is 1.94. The van der Waals surface area contributed by atoms with Crippen LogP contribution in [0, 0.1) is 16.0 Å². The third-order valence-electron chi connectivity index (χ3n) is 3.71. The van der Waals surface area contributed by atoms with Crippen molar-refractivity contribution in [1.29, 1.82) is 0 Å². The van der Waals surface area contributed by atoms with Crippen molar-refractivity contribution in [3.63, 3.8) is 0 Å². The van der Waals surface area contributed by atoms with E-state index >= 15 is 0 Å². The summed E-state index contributed by atoms with van der Waals surface area (Å²) in [6.45, 7) is 5.18. The first kappa shape index (κ1) is 15.2. The van der Waals surface area contributed by atoms with Crippen LogP contribution in [0.15, 0.2) is 36.8 Å². The number of rotatable bonds is 6. The Morgan fingerprint density at radius 3 is 2.71 bits per heavy atom. The molecule has 2 rings (SSSR count). The number of nitrogens with zero attached hydrogens (tertiary/aromatic N) is 3. The Morgan fingerprint density at radius 2 is 2.10 bits per heavy atom. The first-order chi connectivity index (χ1) is 10.0. The van der Waals surface area contributed by atoms with Gasteiger partial charge >= 0.3 is 0 Å². The van der Waals surface area contributed by atoms with Gasteiger partial charge in [0.2, 0.25) is 0 Å². The standard InChI is InChI=1S/C15H20N4O2/c1-11(2)13(7-16)15-8-17-10-18(15)9-12-5-3-4-6-14(12)19(20)21/h3-6,8,10-11,13H,7,9,16H2,1-2H3. The molecule has 0 bridgehead atoms. The van der Waals surface area contributed by atoms with E-state index in [2.05, 4.69) is 18.8 Å². The molecule has 0 aliphatic heterocycles. The Morgan fingerprint density at radius 1 is 1.38 bits per heavy atom. The average molecular weight is 288 g/mol. The number of hydrogen-bond donors (Lipinski definition) is 1. The molecule has 1 aromatic carbocycles. The van der Waals surface area contributed by atoms with E-state index in [1.165, 1.54) is 6.07 Å². The van der Waals surface area contributed by atoms with Gasteiger partial charge in [0.15, 0.2) is 0 Å². The summed E-state index contributed by atoms with van der Waals surface area (Å²) >= 11 is 0. The van der Waals surface area contributed by atoms with E-state index < -0.39 is 0 Å². The Balaban J connectivity index is 2.34. The predicted octanol–water partition coefficient (Wildman–Crippen LogP) is 2.54. The fourth-order valence-electron chi connectivity index (χ4n) is 2.51. The van der Waals surface area contributed by atoms with Crippen molar-refractivity contribution < 1.29 is 4.92 Å². The maximum absolute atomic E-state index is 11.1. The Labute approximate surface area is 123 Å². The number of benzene rings is 1. The zero-order valence-corrected chi connectivity index (χ0v) is 12.3. The lowest BCUT2D eigenvalue weighted by Crippen LogP contribution is -2.21. The van der Waals surface area contributed by atoms with Gasteiger partial charge in [-0.2, -0.15) is 0 Å². The highest BCUT2D eigenvalue weighted by Crippen LogP contribution is 2.25. The summed E-state index contributed by atoms with van der Waals surface area (Å²) in [5, 5.41) is 11.1. The first-order valence-corrected chi connectivity index (χ1v) is 6.97. The van der Waals surface area contributed by atoms with Gasteiger partial charge in [-0.1, -0.05) is 32.0 Å². The lowest BCUT2D eigenvalue weighted by Gasteiger charge is -2.20. The molecule has 1 aromatic heterocycles. The fourth-order valence-corrected chi connectivity index (χ4v) is 2.51. The molecule has 0 saturated carbocycles. The molecule has 21 heavy (non-hydrogen) atoms. The highest BCUT2D eigenvalue weighted by molar-refractivity contribution is 5.40. The largest absolute Gasteiger partial charge is 0.330 e. The topological polar surface area (TPSA) is 87.0 Å². The number of imidazole rings is 1. The molecule has 0 radical (unpaired) electrons. The van der Waals surface area contributed by atoms with Crippen LogP contribution in [0.4, 0.5) is 5.69 Å². The van der Waals surface area contributed by atoms with Gasteiger partial charge in [0, 0.05) is 36.0 Å². The van der Waals surface area contributed by atoms with E-state index in [9.17, 15) is 10.1 Å². The summed E-state index contributed by atoms with van der Waals surface area (Å²) in [5.41, 5.74) is 7.67. The van der Waals surface area contributed by atoms with Crippen molar-refractivity contribution in [2.24, 2.45) is 11.7 Å². The van der Waals surface area contributed by atoms with Crippen LogP contribution in [0.25, 0.3) is 0 Å². The maximum atomic E-state index is 11.1. The van der Waals surface area contributed by atoms with Gasteiger partial charge in [0.25, 0.3) is 5.69 Å². The van der Waals surface area contributed by atoms with Crippen LogP contribution in [0.5, 0.6) is 0 Å². The smallest absolute Gasteiger partial charge is 0.274 e. The molecule has 0 aliphatic carbocycles. The average Bonchev–Trinajstić information content (AvgIpc) is 2.88. The van der Waals surface area contributed by atoms with E-state index in [-0.39, 0.29) is 16.5 Å². The van der Waals surface area contributed by atoms with E-state index in [1.807, 2.05) is 10.6 Å². The second-order valence-electron chi connectivity index (χ2n) is 5.42. The maximum Gasteiger partial charge on any atom is 0.274 e. The molecule has 6 heteroatoms. The molecule has 0 fully saturated rings. The lowest BCUT2D eigenvalue weighted by molar-refractivity contribution is -0.385. The lowest BCUT2D eigenvalue weighted by atomic mass is 9.93. The monoisotopic (exact) mass is 288 g/mol. The molecule has 0 aliphatic rings. The van der Waals surface area contributed by atoms with Crippen LogP contribution in [0.1, 0.15) is 31.0 Å². The number of nitro benzene ring substituents is 1. The molecular formula is C15H20N4O2. The molecule has 6 nitrogen and oxygen atoms in total. The Bertz CT molecular complexity index is 622. The second-order valence-corrected chi connectivity index (χ2v) is 5.42. The van der Waals surface area contributed by atoms with Crippen molar-refractivity contribution in [2.45, 2.75) is 26.3 Å². The van der Waals surface area contributed by atoms with Crippen LogP contribution in [0.2, 0.25) is 0 Å². The van der Waals surface area contributed by atoms with Gasteiger partial charge in [-0.15, -0.1) is 0 Å². The van der Waals surface area contributed by atoms with Gasteiger partial charge in [0.05, 0.1) is 17.8 Å². The predicted molar refractivity (Wildman–Crippen MR) is 81.1 cm³/mol. The van der Waals surface area contributed by atoms with Crippen LogP contribution in [0.3, 0.4) is 0 Å². The zero-order valence-electron chi connectivity index (χ0n) is 12.3. The number of hydrogen-bond acceptors (Lipinski definition) is 4. The summed E-state index contributed by atoms with van der Waals surface area (Å²) in [5.74, 6) is 0.575. The second kappa shape index (κ2) is 6.49. The third kappa shape index (κ3) is 3.28. The van der Waals surface area contributed by atoms with Crippen LogP contribution < -0.4 is 5.73 Å². The summed E-state index contributed by atoms with van der Waals surface area (Å²) in [4.78, 5) is 14.9. The fraction of sp³-hybridized carbons (Fsp3) is 0.400. The van der Waals surface area contributed by atoms with Crippen molar-refractivity contribution in [3.05, 3.63) is 58.2 Å². The van der Waals surface area contributed by atoms with Crippen LogP contribution in [-0.2, 0) is 6.54 Å². The Hall–Kier alpha value is -2.21. The van der Waals surface area contributed by atoms with E-state index in [1.54, 1.807) is 24.7 Å². The molecule has 0 amide bonds. The molecule has 112 valence electrons. The number of nitrogens with two attached hydrogens (primary N) is 1.